The second-order valence-corrected chi connectivity index (χ2v) is 9.14. The molecule has 2 aromatic rings. The molecule has 1 fully saturated rings. The van der Waals surface area contributed by atoms with Crippen molar-refractivity contribution in [3.63, 3.8) is 0 Å². The van der Waals surface area contributed by atoms with E-state index in [0.717, 1.165) is 5.56 Å². The highest BCUT2D eigenvalue weighted by molar-refractivity contribution is 7.89. The van der Waals surface area contributed by atoms with E-state index in [1.165, 1.54) is 4.31 Å². The Morgan fingerprint density at radius 1 is 0.929 bits per heavy atom. The normalized spacial score (nSPS) is 15.6. The van der Waals surface area contributed by atoms with E-state index in [1.54, 1.807) is 29.2 Å². The van der Waals surface area contributed by atoms with E-state index in [4.69, 9.17) is 4.74 Å². The van der Waals surface area contributed by atoms with Crippen molar-refractivity contribution >= 4 is 15.9 Å². The number of carbonyl (C=O) groups is 1. The predicted molar refractivity (Wildman–Crippen MR) is 108 cm³/mol. The summed E-state index contributed by atoms with van der Waals surface area (Å²) >= 11 is 0. The van der Waals surface area contributed by atoms with Crippen molar-refractivity contribution in [2.45, 2.75) is 31.8 Å². The quantitative estimate of drug-likeness (QED) is 0.771. The van der Waals surface area contributed by atoms with Gasteiger partial charge < -0.3 is 9.64 Å². The molecule has 1 amide bonds. The van der Waals surface area contributed by atoms with Crippen LogP contribution in [0, 0.1) is 6.92 Å². The maximum Gasteiger partial charge on any atom is 0.253 e. The lowest BCUT2D eigenvalue weighted by Crippen LogP contribution is -2.50. The fourth-order valence-corrected chi connectivity index (χ4v) is 4.54. The Morgan fingerprint density at radius 3 is 2.04 bits per heavy atom. The zero-order valence-electron chi connectivity index (χ0n) is 16.5. The molecule has 0 aromatic heterocycles. The zero-order valence-corrected chi connectivity index (χ0v) is 17.3. The summed E-state index contributed by atoms with van der Waals surface area (Å²) in [7, 11) is -3.59. The Bertz CT molecular complexity index is 914. The molecule has 0 saturated carbocycles. The summed E-state index contributed by atoms with van der Waals surface area (Å²) in [6.07, 6.45) is 0.0293. The van der Waals surface area contributed by atoms with Gasteiger partial charge in [-0.1, -0.05) is 17.7 Å². The molecule has 1 saturated heterocycles. The van der Waals surface area contributed by atoms with Crippen LogP contribution in [-0.2, 0) is 10.0 Å². The van der Waals surface area contributed by atoms with Gasteiger partial charge in [-0.05, 0) is 57.2 Å². The average Bonchev–Trinajstić information content (AvgIpc) is 2.68. The van der Waals surface area contributed by atoms with Crippen LogP contribution in [0.4, 0.5) is 0 Å². The van der Waals surface area contributed by atoms with E-state index in [0.29, 0.717) is 24.4 Å². The third-order valence-corrected chi connectivity index (χ3v) is 6.57. The molecule has 0 spiro atoms. The van der Waals surface area contributed by atoms with Crippen LogP contribution in [0.3, 0.4) is 0 Å². The Balaban J connectivity index is 1.64. The fraction of sp³-hybridized carbons (Fsp3) is 0.381. The van der Waals surface area contributed by atoms with Crippen molar-refractivity contribution in [2.24, 2.45) is 0 Å². The molecule has 0 radical (unpaired) electrons. The maximum atomic E-state index is 12.9. The van der Waals surface area contributed by atoms with Crippen molar-refractivity contribution in [3.8, 4) is 5.75 Å². The van der Waals surface area contributed by atoms with Crippen LogP contribution in [0.15, 0.2) is 53.4 Å². The Morgan fingerprint density at radius 2 is 1.50 bits per heavy atom. The molecular weight excluding hydrogens is 376 g/mol. The van der Waals surface area contributed by atoms with Gasteiger partial charge in [-0.25, -0.2) is 8.42 Å². The minimum atomic E-state index is -3.59. The second kappa shape index (κ2) is 8.32. The lowest BCUT2D eigenvalue weighted by molar-refractivity contribution is 0.0698. The molecule has 0 N–H and O–H groups in total. The van der Waals surface area contributed by atoms with E-state index in [1.807, 2.05) is 45.0 Å². The van der Waals surface area contributed by atoms with E-state index in [9.17, 15) is 13.2 Å². The molecule has 7 heteroatoms. The van der Waals surface area contributed by atoms with Gasteiger partial charge in [0, 0.05) is 31.7 Å². The summed E-state index contributed by atoms with van der Waals surface area (Å²) in [5.41, 5.74) is 1.72. The molecule has 0 aliphatic carbocycles. The SMILES string of the molecule is Cc1ccc(C(=O)N2CCN(S(=O)(=O)c3ccc(OC(C)C)cc3)CC2)cc1. The van der Waals surface area contributed by atoms with Crippen molar-refractivity contribution in [2.75, 3.05) is 26.2 Å². The van der Waals surface area contributed by atoms with Gasteiger partial charge in [-0.3, -0.25) is 4.79 Å². The van der Waals surface area contributed by atoms with Gasteiger partial charge in [0.15, 0.2) is 0 Å². The minimum Gasteiger partial charge on any atom is -0.491 e. The van der Waals surface area contributed by atoms with Gasteiger partial charge in [0.2, 0.25) is 10.0 Å². The van der Waals surface area contributed by atoms with Crippen LogP contribution >= 0.6 is 0 Å². The topological polar surface area (TPSA) is 66.9 Å². The molecule has 0 unspecified atom stereocenters. The molecular formula is C21H26N2O4S. The molecule has 0 atom stereocenters. The third-order valence-electron chi connectivity index (χ3n) is 4.66. The number of rotatable bonds is 5. The number of benzene rings is 2. The van der Waals surface area contributed by atoms with Crippen LogP contribution in [-0.4, -0.2) is 55.8 Å². The van der Waals surface area contributed by atoms with E-state index in [2.05, 4.69) is 0 Å². The number of piperazine rings is 1. The first-order chi connectivity index (χ1) is 13.3. The third kappa shape index (κ3) is 4.54. The van der Waals surface area contributed by atoms with Crippen LogP contribution < -0.4 is 4.74 Å². The molecule has 28 heavy (non-hydrogen) atoms. The lowest BCUT2D eigenvalue weighted by Gasteiger charge is -2.34. The molecule has 1 aliphatic rings. The monoisotopic (exact) mass is 402 g/mol. The first-order valence-corrected chi connectivity index (χ1v) is 10.8. The van der Waals surface area contributed by atoms with Gasteiger partial charge in [-0.2, -0.15) is 4.31 Å². The summed E-state index contributed by atoms with van der Waals surface area (Å²) in [5, 5.41) is 0. The molecule has 0 bridgehead atoms. The van der Waals surface area contributed by atoms with Crippen molar-refractivity contribution in [1.29, 1.82) is 0 Å². The van der Waals surface area contributed by atoms with Gasteiger partial charge in [0.1, 0.15) is 5.75 Å². The number of aryl methyl sites for hydroxylation is 1. The van der Waals surface area contributed by atoms with E-state index < -0.39 is 10.0 Å². The summed E-state index contributed by atoms with van der Waals surface area (Å²) in [6.45, 7) is 7.12. The first kappa shape index (κ1) is 20.4. The predicted octanol–water partition coefficient (Wildman–Crippen LogP) is 2.93. The highest BCUT2D eigenvalue weighted by Gasteiger charge is 2.30. The molecule has 150 valence electrons. The highest BCUT2D eigenvalue weighted by Crippen LogP contribution is 2.22. The standard InChI is InChI=1S/C21H26N2O4S/c1-16(2)27-19-8-10-20(11-9-19)28(25,26)23-14-12-22(13-15-23)21(24)18-6-4-17(3)5-7-18/h4-11,16H,12-15H2,1-3H3. The summed E-state index contributed by atoms with van der Waals surface area (Å²) < 4.78 is 32.8. The molecule has 1 heterocycles. The van der Waals surface area contributed by atoms with Crippen molar-refractivity contribution < 1.29 is 17.9 Å². The largest absolute Gasteiger partial charge is 0.491 e. The molecule has 6 nitrogen and oxygen atoms in total. The fourth-order valence-electron chi connectivity index (χ4n) is 3.12. The van der Waals surface area contributed by atoms with Crippen LogP contribution in [0.2, 0.25) is 0 Å². The first-order valence-electron chi connectivity index (χ1n) is 9.40. The number of hydrogen-bond acceptors (Lipinski definition) is 4. The Hall–Kier alpha value is -2.38. The molecule has 3 rings (SSSR count). The second-order valence-electron chi connectivity index (χ2n) is 7.20. The van der Waals surface area contributed by atoms with E-state index in [-0.39, 0.29) is 30.0 Å². The van der Waals surface area contributed by atoms with Gasteiger partial charge in [-0.15, -0.1) is 0 Å². The Labute approximate surface area is 166 Å². The van der Waals surface area contributed by atoms with Gasteiger partial charge in [0.05, 0.1) is 11.0 Å². The lowest BCUT2D eigenvalue weighted by atomic mass is 10.1. The number of carbonyl (C=O) groups excluding carboxylic acids is 1. The number of sulfonamides is 1. The van der Waals surface area contributed by atoms with Crippen LogP contribution in [0.25, 0.3) is 0 Å². The number of hydrogen-bond donors (Lipinski definition) is 0. The summed E-state index contributed by atoms with van der Waals surface area (Å²) in [5.74, 6) is 0.578. The Kier molecular flexibility index (Phi) is 6.05. The minimum absolute atomic E-state index is 0.0293. The number of amides is 1. The van der Waals surface area contributed by atoms with Crippen LogP contribution in [0.1, 0.15) is 29.8 Å². The van der Waals surface area contributed by atoms with E-state index >= 15 is 0 Å². The zero-order chi connectivity index (χ0) is 20.3. The number of nitrogens with zero attached hydrogens (tertiary/aromatic N) is 2. The van der Waals surface area contributed by atoms with Crippen molar-refractivity contribution in [3.05, 3.63) is 59.7 Å². The van der Waals surface area contributed by atoms with Gasteiger partial charge in [0.25, 0.3) is 5.91 Å². The maximum absolute atomic E-state index is 12.9. The van der Waals surface area contributed by atoms with Crippen molar-refractivity contribution in [1.82, 2.24) is 9.21 Å². The summed E-state index contributed by atoms with van der Waals surface area (Å²) in [4.78, 5) is 14.5. The average molecular weight is 403 g/mol. The number of ether oxygens (including phenoxy) is 1. The van der Waals surface area contributed by atoms with Gasteiger partial charge >= 0.3 is 0 Å². The summed E-state index contributed by atoms with van der Waals surface area (Å²) in [6, 6.07) is 13.9. The molecule has 1 aliphatic heterocycles. The highest BCUT2D eigenvalue weighted by atomic mass is 32.2. The van der Waals surface area contributed by atoms with Crippen LogP contribution in [0.5, 0.6) is 5.75 Å². The molecule has 2 aromatic carbocycles. The smallest absolute Gasteiger partial charge is 0.253 e.